The number of nitrogens with one attached hydrogen (secondary N) is 1. The quantitative estimate of drug-likeness (QED) is 0.646. The Labute approximate surface area is 134 Å². The summed E-state index contributed by atoms with van der Waals surface area (Å²) in [6, 6.07) is 7.83. The highest BCUT2D eigenvalue weighted by Crippen LogP contribution is 2.28. The Morgan fingerprint density at radius 3 is 2.30 bits per heavy atom. The van der Waals surface area contributed by atoms with Gasteiger partial charge in [0.2, 0.25) is 0 Å². The largest absolute Gasteiger partial charge is 0.289 e. The van der Waals surface area contributed by atoms with Crippen LogP contribution in [-0.4, -0.2) is 18.3 Å². The third-order valence-corrected chi connectivity index (χ3v) is 4.43. The molecule has 0 aliphatic carbocycles. The van der Waals surface area contributed by atoms with Gasteiger partial charge in [0.05, 0.1) is 20.4 Å². The van der Waals surface area contributed by atoms with Crippen LogP contribution in [0.5, 0.6) is 0 Å². The van der Waals surface area contributed by atoms with Crippen LogP contribution >= 0.6 is 11.6 Å². The van der Waals surface area contributed by atoms with Crippen molar-refractivity contribution in [3.8, 4) is 0 Å². The lowest BCUT2D eigenvalue weighted by molar-refractivity contribution is -0.385. The minimum atomic E-state index is -4.16. The van der Waals surface area contributed by atoms with Gasteiger partial charge in [0.1, 0.15) is 5.02 Å². The van der Waals surface area contributed by atoms with Crippen LogP contribution in [0.4, 0.5) is 17.1 Å². The number of benzene rings is 2. The summed E-state index contributed by atoms with van der Waals surface area (Å²) in [4.78, 5) is 19.6. The molecule has 0 bridgehead atoms. The number of halogens is 1. The van der Waals surface area contributed by atoms with E-state index in [1.165, 1.54) is 18.2 Å². The lowest BCUT2D eigenvalue weighted by atomic mass is 10.3. The fraction of sp³-hybridized carbons (Fsp3) is 0. The molecule has 0 aromatic heterocycles. The molecule has 2 rings (SSSR count). The molecule has 0 saturated heterocycles. The zero-order chi connectivity index (χ0) is 17.2. The van der Waals surface area contributed by atoms with E-state index >= 15 is 0 Å². The summed E-state index contributed by atoms with van der Waals surface area (Å²) in [6.07, 6.45) is 0. The topological polar surface area (TPSA) is 132 Å². The van der Waals surface area contributed by atoms with Gasteiger partial charge < -0.3 is 0 Å². The van der Waals surface area contributed by atoms with Crippen molar-refractivity contribution in [1.82, 2.24) is 0 Å². The van der Waals surface area contributed by atoms with Gasteiger partial charge in [0, 0.05) is 18.2 Å². The number of hydrogen-bond acceptors (Lipinski definition) is 6. The number of non-ortho nitro benzene ring substituents is 1. The molecule has 2 aromatic rings. The molecule has 2 aromatic carbocycles. The van der Waals surface area contributed by atoms with Gasteiger partial charge >= 0.3 is 0 Å². The number of nitrogens with zero attached hydrogens (tertiary/aromatic N) is 2. The van der Waals surface area contributed by atoms with Gasteiger partial charge in [-0.2, -0.15) is 0 Å². The molecule has 0 radical (unpaired) electrons. The average molecular weight is 358 g/mol. The predicted molar refractivity (Wildman–Crippen MR) is 82.0 cm³/mol. The Morgan fingerprint density at radius 1 is 1.00 bits per heavy atom. The van der Waals surface area contributed by atoms with E-state index in [1.54, 1.807) is 0 Å². The van der Waals surface area contributed by atoms with Crippen LogP contribution in [0.15, 0.2) is 47.4 Å². The van der Waals surface area contributed by atoms with E-state index in [9.17, 15) is 28.6 Å². The summed E-state index contributed by atoms with van der Waals surface area (Å²) in [6.45, 7) is 0. The van der Waals surface area contributed by atoms with Gasteiger partial charge in [-0.3, -0.25) is 25.0 Å². The molecule has 0 atom stereocenters. The normalized spacial score (nSPS) is 11.0. The minimum absolute atomic E-state index is 0.0446. The summed E-state index contributed by atoms with van der Waals surface area (Å²) in [5.74, 6) is 0. The fourth-order valence-electron chi connectivity index (χ4n) is 1.70. The smallest absolute Gasteiger partial charge is 0.279 e. The molecule has 0 heterocycles. The third kappa shape index (κ3) is 3.73. The Bertz CT molecular complexity index is 899. The SMILES string of the molecule is O=[N+]([O-])c1cccc(NS(=O)(=O)c2ccc(Cl)c([N+](=O)[O-])c2)c1. The van der Waals surface area contributed by atoms with Crippen molar-refractivity contribution in [2.24, 2.45) is 0 Å². The number of nitro benzene ring substituents is 2. The van der Waals surface area contributed by atoms with Crippen molar-refractivity contribution < 1.29 is 18.3 Å². The summed E-state index contributed by atoms with van der Waals surface area (Å²) >= 11 is 5.63. The second kappa shape index (κ2) is 6.18. The monoisotopic (exact) mass is 357 g/mol. The summed E-state index contributed by atoms with van der Waals surface area (Å²) in [5.41, 5.74) is -0.905. The maximum Gasteiger partial charge on any atom is 0.289 e. The average Bonchev–Trinajstić information content (AvgIpc) is 2.46. The highest BCUT2D eigenvalue weighted by atomic mass is 35.5. The molecule has 0 fully saturated rings. The third-order valence-electron chi connectivity index (χ3n) is 2.73. The fourth-order valence-corrected chi connectivity index (χ4v) is 2.95. The van der Waals surface area contributed by atoms with Gasteiger partial charge in [-0.05, 0) is 18.2 Å². The first kappa shape index (κ1) is 16.6. The second-order valence-electron chi connectivity index (χ2n) is 4.28. The Kier molecular flexibility index (Phi) is 4.48. The lowest BCUT2D eigenvalue weighted by Gasteiger charge is -2.08. The van der Waals surface area contributed by atoms with Gasteiger partial charge in [-0.25, -0.2) is 8.42 Å². The van der Waals surface area contributed by atoms with E-state index < -0.39 is 25.6 Å². The van der Waals surface area contributed by atoms with Crippen molar-refractivity contribution in [3.63, 3.8) is 0 Å². The molecule has 23 heavy (non-hydrogen) atoms. The molecule has 0 amide bonds. The molecule has 0 spiro atoms. The Morgan fingerprint density at radius 2 is 1.70 bits per heavy atom. The Balaban J connectivity index is 2.40. The zero-order valence-corrected chi connectivity index (χ0v) is 12.7. The van der Waals surface area contributed by atoms with Crippen molar-refractivity contribution in [3.05, 3.63) is 67.7 Å². The lowest BCUT2D eigenvalue weighted by Crippen LogP contribution is -2.13. The standard InChI is InChI=1S/C12H8ClN3O6S/c13-11-5-4-10(7-12(11)16(19)20)23(21,22)14-8-2-1-3-9(6-8)15(17)18/h1-7,14H. The van der Waals surface area contributed by atoms with Crippen molar-refractivity contribution in [2.75, 3.05) is 4.72 Å². The van der Waals surface area contributed by atoms with Crippen LogP contribution in [0.2, 0.25) is 5.02 Å². The molecule has 11 heteroatoms. The van der Waals surface area contributed by atoms with Crippen LogP contribution in [0.1, 0.15) is 0 Å². The van der Waals surface area contributed by atoms with E-state index in [0.717, 1.165) is 24.3 Å². The highest BCUT2D eigenvalue weighted by Gasteiger charge is 2.21. The zero-order valence-electron chi connectivity index (χ0n) is 11.2. The van der Waals surface area contributed by atoms with Crippen LogP contribution < -0.4 is 4.72 Å². The van der Waals surface area contributed by atoms with Crippen LogP contribution in [0.25, 0.3) is 0 Å². The predicted octanol–water partition coefficient (Wildman–Crippen LogP) is 2.96. The van der Waals surface area contributed by atoms with Crippen LogP contribution in [-0.2, 0) is 10.0 Å². The first-order valence-corrected chi connectivity index (χ1v) is 7.78. The van der Waals surface area contributed by atoms with E-state index in [2.05, 4.69) is 4.72 Å². The summed E-state index contributed by atoms with van der Waals surface area (Å²) < 4.78 is 26.6. The molecule has 120 valence electrons. The molecule has 1 N–H and O–H groups in total. The Hall–Kier alpha value is -2.72. The van der Waals surface area contributed by atoms with Gasteiger partial charge in [0.15, 0.2) is 0 Å². The number of rotatable bonds is 5. The molecule has 0 saturated carbocycles. The maximum absolute atomic E-state index is 12.2. The molecule has 0 unspecified atom stereocenters. The van der Waals surface area contributed by atoms with Crippen molar-refractivity contribution in [2.45, 2.75) is 4.90 Å². The van der Waals surface area contributed by atoms with Gasteiger partial charge in [-0.1, -0.05) is 17.7 Å². The van der Waals surface area contributed by atoms with Gasteiger partial charge in [-0.15, -0.1) is 0 Å². The van der Waals surface area contributed by atoms with Crippen molar-refractivity contribution in [1.29, 1.82) is 0 Å². The summed E-state index contributed by atoms with van der Waals surface area (Å²) in [5, 5.41) is 21.3. The molecule has 0 aliphatic heterocycles. The first-order valence-electron chi connectivity index (χ1n) is 5.92. The van der Waals surface area contributed by atoms with E-state index in [4.69, 9.17) is 11.6 Å². The number of nitro groups is 2. The van der Waals surface area contributed by atoms with E-state index in [1.807, 2.05) is 0 Å². The molecule has 0 aliphatic rings. The van der Waals surface area contributed by atoms with Crippen molar-refractivity contribution >= 4 is 38.7 Å². The summed E-state index contributed by atoms with van der Waals surface area (Å²) in [7, 11) is -4.16. The number of hydrogen-bond donors (Lipinski definition) is 1. The minimum Gasteiger partial charge on any atom is -0.279 e. The van der Waals surface area contributed by atoms with E-state index in [0.29, 0.717) is 0 Å². The number of sulfonamides is 1. The van der Waals surface area contributed by atoms with Crippen LogP contribution in [0, 0.1) is 20.2 Å². The maximum atomic E-state index is 12.2. The molecular weight excluding hydrogens is 350 g/mol. The van der Waals surface area contributed by atoms with E-state index in [-0.39, 0.29) is 21.3 Å². The van der Waals surface area contributed by atoms with Gasteiger partial charge in [0.25, 0.3) is 21.4 Å². The number of anilines is 1. The molecular formula is C12H8ClN3O6S. The second-order valence-corrected chi connectivity index (χ2v) is 6.37. The highest BCUT2D eigenvalue weighted by molar-refractivity contribution is 7.92. The first-order chi connectivity index (χ1) is 10.7. The van der Waals surface area contributed by atoms with Crippen LogP contribution in [0.3, 0.4) is 0 Å². The molecule has 9 nitrogen and oxygen atoms in total.